The average molecular weight is 881 g/mol. The molecule has 0 radical (unpaired) electrons. The van der Waals surface area contributed by atoms with E-state index in [1.54, 1.807) is 85.3 Å². The number of methoxy groups -OCH3 is 1. The summed E-state index contributed by atoms with van der Waals surface area (Å²) in [6, 6.07) is 17.9. The number of rotatable bonds is 14. The zero-order valence-electron chi connectivity index (χ0n) is 36.8. The van der Waals surface area contributed by atoms with E-state index >= 15 is 0 Å². The lowest BCUT2D eigenvalue weighted by Crippen LogP contribution is -2.60. The van der Waals surface area contributed by atoms with E-state index in [9.17, 15) is 27.6 Å². The molecule has 7 rings (SSSR count). The summed E-state index contributed by atoms with van der Waals surface area (Å²) in [6.07, 6.45) is 4.13. The Hall–Kier alpha value is -6.03. The summed E-state index contributed by atoms with van der Waals surface area (Å²) >= 11 is 0. The van der Waals surface area contributed by atoms with E-state index < -0.39 is 79.2 Å². The van der Waals surface area contributed by atoms with Gasteiger partial charge in [-0.2, -0.15) is 0 Å². The highest BCUT2D eigenvalue weighted by Crippen LogP contribution is 2.49. The molecule has 15 nitrogen and oxygen atoms in total. The van der Waals surface area contributed by atoms with Gasteiger partial charge in [-0.15, -0.1) is 6.58 Å². The van der Waals surface area contributed by atoms with E-state index in [1.165, 1.54) is 11.0 Å². The molecule has 5 atom stereocenters. The third-order valence-electron chi connectivity index (χ3n) is 11.9. The molecule has 1 saturated heterocycles. The summed E-state index contributed by atoms with van der Waals surface area (Å²) in [4.78, 5) is 67.2. The van der Waals surface area contributed by atoms with E-state index in [1.807, 2.05) is 42.5 Å². The zero-order chi connectivity index (χ0) is 45.5. The maximum atomic E-state index is 14.8. The number of nitrogens with zero attached hydrogens (tertiary/aromatic N) is 3. The van der Waals surface area contributed by atoms with Crippen LogP contribution in [0.4, 0.5) is 4.79 Å². The van der Waals surface area contributed by atoms with Crippen LogP contribution >= 0.6 is 0 Å². The molecule has 4 aromatic rings. The van der Waals surface area contributed by atoms with Gasteiger partial charge < -0.3 is 29.7 Å². The predicted molar refractivity (Wildman–Crippen MR) is 237 cm³/mol. The fourth-order valence-electron chi connectivity index (χ4n) is 8.16. The number of sulfonamides is 1. The molecular formula is C47H56N6O9S. The third-order valence-corrected chi connectivity index (χ3v) is 14.0. The molecule has 0 unspecified atom stereocenters. The maximum absolute atomic E-state index is 14.8. The number of nitrogens with one attached hydrogen (secondary N) is 3. The molecule has 3 aliphatic rings. The lowest BCUT2D eigenvalue weighted by Gasteiger charge is -2.36. The minimum atomic E-state index is -4.20. The summed E-state index contributed by atoms with van der Waals surface area (Å²) in [5.74, 6) is -1.68. The molecule has 63 heavy (non-hydrogen) atoms. The Morgan fingerprint density at radius 1 is 0.984 bits per heavy atom. The normalized spacial score (nSPS) is 22.0. The van der Waals surface area contributed by atoms with Gasteiger partial charge in [0.1, 0.15) is 40.8 Å². The van der Waals surface area contributed by atoms with Crippen molar-refractivity contribution in [3.8, 4) is 22.8 Å². The summed E-state index contributed by atoms with van der Waals surface area (Å²) < 4.78 is 46.7. The van der Waals surface area contributed by atoms with Gasteiger partial charge >= 0.3 is 6.09 Å². The van der Waals surface area contributed by atoms with Crippen molar-refractivity contribution in [2.24, 2.45) is 11.3 Å². The number of fused-ring (bicyclic) bond motifs is 1. The summed E-state index contributed by atoms with van der Waals surface area (Å²) in [6.45, 7) is 14.3. The Balaban J connectivity index is 1.20. The fraction of sp³-hybridized carbons (Fsp3) is 0.447. The standard InChI is InChI=1S/C47H56N6O9S/c1-9-31-27-47(31,42(56)52-63(58,59)46(19-20-46)26-29-17-21-48-22-18-29)51-40(54)37-24-33(28-53(37)41(55)39(44(2,3)4)50-43(57)62-45(5,6)7)61-38-25-35(30-13-11-10-12-14-30)49-36-23-32(60-8)15-16-34(36)38/h9-18,21-23,25,31,33,37,39H,1,19-20,24,26-28H2,2-8H3,(H,50,57)(H,51,54)(H,52,56)/t31-,33+,37-,39+,47-/m0/s1. The van der Waals surface area contributed by atoms with E-state index in [2.05, 4.69) is 26.9 Å². The van der Waals surface area contributed by atoms with Crippen molar-refractivity contribution in [1.82, 2.24) is 30.2 Å². The van der Waals surface area contributed by atoms with Crippen LogP contribution in [-0.2, 0) is 35.6 Å². The lowest BCUT2D eigenvalue weighted by molar-refractivity contribution is -0.143. The molecule has 0 bridgehead atoms. The molecule has 3 fully saturated rings. The Labute approximate surface area is 368 Å². The van der Waals surface area contributed by atoms with Gasteiger partial charge in [0.25, 0.3) is 5.91 Å². The summed E-state index contributed by atoms with van der Waals surface area (Å²) in [5.41, 5.74) is -0.517. The predicted octanol–water partition coefficient (Wildman–Crippen LogP) is 5.88. The second-order valence-electron chi connectivity index (χ2n) is 18.8. The number of likely N-dealkylation sites (tertiary alicyclic amines) is 1. The van der Waals surface area contributed by atoms with Crippen LogP contribution in [-0.4, -0.2) is 94.8 Å². The molecule has 2 aromatic heterocycles. The van der Waals surface area contributed by atoms with Gasteiger partial charge in [0.15, 0.2) is 0 Å². The highest BCUT2D eigenvalue weighted by molar-refractivity contribution is 7.91. The fourth-order valence-corrected chi connectivity index (χ4v) is 9.80. The van der Waals surface area contributed by atoms with Crippen molar-refractivity contribution in [3.63, 3.8) is 0 Å². The maximum Gasteiger partial charge on any atom is 0.408 e. The van der Waals surface area contributed by atoms with Gasteiger partial charge in [0, 0.05) is 47.8 Å². The minimum Gasteiger partial charge on any atom is -0.497 e. The first-order chi connectivity index (χ1) is 29.7. The number of hydrogen-bond donors (Lipinski definition) is 3. The first kappa shape index (κ1) is 45.0. The molecule has 3 N–H and O–H groups in total. The largest absolute Gasteiger partial charge is 0.497 e. The van der Waals surface area contributed by atoms with Gasteiger partial charge in [-0.05, 0) is 81.7 Å². The van der Waals surface area contributed by atoms with Gasteiger partial charge in [-0.3, -0.25) is 24.1 Å². The number of amides is 4. The quantitative estimate of drug-likeness (QED) is 0.128. The number of carbonyl (C=O) groups excluding carboxylic acids is 4. The van der Waals surface area contributed by atoms with Gasteiger partial charge in [0.2, 0.25) is 21.8 Å². The molecule has 0 spiro atoms. The molecule has 1 aliphatic heterocycles. The van der Waals surface area contributed by atoms with Gasteiger partial charge in [-0.1, -0.05) is 57.2 Å². The molecule has 16 heteroatoms. The van der Waals surface area contributed by atoms with Crippen molar-refractivity contribution in [3.05, 3.63) is 97.3 Å². The Kier molecular flexibility index (Phi) is 12.1. The Morgan fingerprint density at radius 3 is 2.29 bits per heavy atom. The smallest absolute Gasteiger partial charge is 0.408 e. The molecule has 4 amide bonds. The lowest BCUT2D eigenvalue weighted by atomic mass is 9.85. The van der Waals surface area contributed by atoms with E-state index in [0.29, 0.717) is 40.9 Å². The van der Waals surface area contributed by atoms with Gasteiger partial charge in [-0.25, -0.2) is 18.2 Å². The van der Waals surface area contributed by atoms with E-state index in [0.717, 1.165) is 11.1 Å². The second kappa shape index (κ2) is 16.9. The number of ether oxygens (including phenoxy) is 3. The first-order valence-electron chi connectivity index (χ1n) is 21.1. The number of hydrogen-bond acceptors (Lipinski definition) is 11. The summed E-state index contributed by atoms with van der Waals surface area (Å²) in [7, 11) is -2.63. The van der Waals surface area contributed by atoms with Crippen molar-refractivity contribution in [2.75, 3.05) is 13.7 Å². The second-order valence-corrected chi connectivity index (χ2v) is 20.9. The Morgan fingerprint density at radius 2 is 1.68 bits per heavy atom. The summed E-state index contributed by atoms with van der Waals surface area (Å²) in [5, 5.41) is 6.27. The number of benzene rings is 2. The van der Waals surface area contributed by atoms with E-state index in [-0.39, 0.29) is 25.8 Å². The minimum absolute atomic E-state index is 0.00862. The number of pyridine rings is 2. The monoisotopic (exact) mass is 880 g/mol. The molecular weight excluding hydrogens is 825 g/mol. The SMILES string of the molecule is C=C[C@H]1C[C@@]1(NC(=O)[C@@H]1C[C@@H](Oc2cc(-c3ccccc3)nc3cc(OC)ccc23)CN1C(=O)[C@@H](NC(=O)OC(C)(C)C)C(C)(C)C)C(=O)NS(=O)(=O)C1(Cc2ccncc2)CC1. The van der Waals surface area contributed by atoms with Crippen molar-refractivity contribution < 1.29 is 41.8 Å². The van der Waals surface area contributed by atoms with Gasteiger partial charge in [0.05, 0.1) is 29.6 Å². The highest BCUT2D eigenvalue weighted by Gasteiger charge is 2.63. The zero-order valence-corrected chi connectivity index (χ0v) is 37.6. The van der Waals surface area contributed by atoms with Crippen LogP contribution < -0.4 is 24.8 Å². The number of aromatic nitrogens is 2. The van der Waals surface area contributed by atoms with Crippen LogP contribution in [0.1, 0.15) is 72.8 Å². The topological polar surface area (TPSA) is 195 Å². The number of carbonyl (C=O) groups is 4. The first-order valence-corrected chi connectivity index (χ1v) is 22.6. The van der Waals surface area contributed by atoms with Crippen LogP contribution in [0.5, 0.6) is 11.5 Å². The van der Waals surface area contributed by atoms with Crippen molar-refractivity contribution in [2.45, 2.75) is 108 Å². The molecule has 2 aromatic carbocycles. The highest BCUT2D eigenvalue weighted by atomic mass is 32.2. The molecule has 334 valence electrons. The van der Waals surface area contributed by atoms with Crippen LogP contribution in [0.3, 0.4) is 0 Å². The Bertz CT molecular complexity index is 2520. The van der Waals surface area contributed by atoms with Crippen LogP contribution in [0.25, 0.3) is 22.2 Å². The van der Waals surface area contributed by atoms with Crippen LogP contribution in [0.15, 0.2) is 91.8 Å². The van der Waals surface area contributed by atoms with Crippen molar-refractivity contribution >= 4 is 44.7 Å². The molecule has 3 heterocycles. The molecule has 2 saturated carbocycles. The van der Waals surface area contributed by atoms with E-state index in [4.69, 9.17) is 19.2 Å². The van der Waals surface area contributed by atoms with Crippen molar-refractivity contribution in [1.29, 1.82) is 0 Å². The average Bonchev–Trinajstić information content (AvgIpc) is 4.13. The van der Waals surface area contributed by atoms with Crippen LogP contribution in [0, 0.1) is 11.3 Å². The van der Waals surface area contributed by atoms with Crippen LogP contribution in [0.2, 0.25) is 0 Å². The third kappa shape index (κ3) is 9.65. The number of alkyl carbamates (subject to hydrolysis) is 1. The molecule has 2 aliphatic carbocycles.